The molecule has 2 rings (SSSR count). The summed E-state index contributed by atoms with van der Waals surface area (Å²) in [4.78, 5) is 0. The fraction of sp³-hybridized carbons (Fsp3) is 0.667. The number of nitrogens with one attached hydrogen (secondary N) is 1. The lowest BCUT2D eigenvalue weighted by Gasteiger charge is -2.23. The van der Waals surface area contributed by atoms with Gasteiger partial charge in [-0.2, -0.15) is 0 Å². The molecule has 1 aromatic rings. The van der Waals surface area contributed by atoms with E-state index < -0.39 is 0 Å². The van der Waals surface area contributed by atoms with Crippen molar-refractivity contribution < 1.29 is 4.74 Å². The van der Waals surface area contributed by atoms with Crippen LogP contribution in [0.25, 0.3) is 0 Å². The van der Waals surface area contributed by atoms with Crippen LogP contribution in [0.5, 0.6) is 5.75 Å². The van der Waals surface area contributed by atoms with Crippen molar-refractivity contribution in [3.05, 3.63) is 28.8 Å². The molecule has 0 spiro atoms. The van der Waals surface area contributed by atoms with Gasteiger partial charge in [-0.25, -0.2) is 0 Å². The summed E-state index contributed by atoms with van der Waals surface area (Å²) >= 11 is 6.35. The van der Waals surface area contributed by atoms with Crippen LogP contribution in [0.2, 0.25) is 5.02 Å². The summed E-state index contributed by atoms with van der Waals surface area (Å²) in [5.74, 6) is 2.30. The highest BCUT2D eigenvalue weighted by molar-refractivity contribution is 6.31. The molecule has 0 aliphatic heterocycles. The molecule has 2 nitrogen and oxygen atoms in total. The third kappa shape index (κ3) is 5.52. The Bertz CT molecular complexity index is 427. The first kappa shape index (κ1) is 16.6. The summed E-state index contributed by atoms with van der Waals surface area (Å²) in [6, 6.07) is 5.97. The van der Waals surface area contributed by atoms with E-state index in [9.17, 15) is 0 Å². The van der Waals surface area contributed by atoms with Crippen molar-refractivity contribution in [2.75, 3.05) is 13.2 Å². The SMILES string of the molecule is CC(C)CNCc1c(Cl)cccc1OCC1CCCCC1. The minimum absolute atomic E-state index is 0.638. The number of hydrogen-bond donors (Lipinski definition) is 1. The van der Waals surface area contributed by atoms with Crippen molar-refractivity contribution in [2.24, 2.45) is 11.8 Å². The predicted molar refractivity (Wildman–Crippen MR) is 90.1 cm³/mol. The van der Waals surface area contributed by atoms with Gasteiger partial charge in [0.05, 0.1) is 6.61 Å². The molecular weight excluding hydrogens is 282 g/mol. The van der Waals surface area contributed by atoms with E-state index in [0.717, 1.165) is 36.0 Å². The predicted octanol–water partition coefficient (Wildman–Crippen LogP) is 5.04. The molecule has 0 radical (unpaired) electrons. The van der Waals surface area contributed by atoms with E-state index in [4.69, 9.17) is 16.3 Å². The Morgan fingerprint density at radius 1 is 1.24 bits per heavy atom. The number of hydrogen-bond acceptors (Lipinski definition) is 2. The van der Waals surface area contributed by atoms with Gasteiger partial charge in [0.25, 0.3) is 0 Å². The molecule has 3 heteroatoms. The Hall–Kier alpha value is -0.730. The molecule has 0 saturated heterocycles. The Kier molecular flexibility index (Phi) is 6.85. The Balaban J connectivity index is 1.92. The van der Waals surface area contributed by atoms with Crippen LogP contribution in [0.4, 0.5) is 0 Å². The number of ether oxygens (including phenoxy) is 1. The van der Waals surface area contributed by atoms with Crippen LogP contribution in [-0.2, 0) is 6.54 Å². The number of halogens is 1. The van der Waals surface area contributed by atoms with E-state index in [2.05, 4.69) is 19.2 Å². The standard InChI is InChI=1S/C18H28ClNO/c1-14(2)11-20-12-16-17(19)9-6-10-18(16)21-13-15-7-4-3-5-8-15/h6,9-10,14-15,20H,3-5,7-8,11-13H2,1-2H3. The summed E-state index contributed by atoms with van der Waals surface area (Å²) in [5, 5.41) is 4.25. The average Bonchev–Trinajstić information content (AvgIpc) is 2.48. The lowest BCUT2D eigenvalue weighted by atomic mass is 9.90. The zero-order chi connectivity index (χ0) is 15.1. The van der Waals surface area contributed by atoms with Gasteiger partial charge in [0.15, 0.2) is 0 Å². The lowest BCUT2D eigenvalue weighted by Crippen LogP contribution is -2.20. The average molecular weight is 310 g/mol. The van der Waals surface area contributed by atoms with Crippen molar-refractivity contribution in [3.8, 4) is 5.75 Å². The van der Waals surface area contributed by atoms with E-state index in [0.29, 0.717) is 11.8 Å². The first-order valence-electron chi connectivity index (χ1n) is 8.27. The summed E-state index contributed by atoms with van der Waals surface area (Å²) in [6.07, 6.45) is 6.71. The topological polar surface area (TPSA) is 21.3 Å². The van der Waals surface area contributed by atoms with Crippen molar-refractivity contribution in [1.29, 1.82) is 0 Å². The van der Waals surface area contributed by atoms with Gasteiger partial charge in [-0.15, -0.1) is 0 Å². The molecular formula is C18H28ClNO. The van der Waals surface area contributed by atoms with Gasteiger partial charge in [0.2, 0.25) is 0 Å². The molecule has 0 heterocycles. The summed E-state index contributed by atoms with van der Waals surface area (Å²) < 4.78 is 6.09. The van der Waals surface area contributed by atoms with E-state index in [1.54, 1.807) is 0 Å². The third-order valence-electron chi connectivity index (χ3n) is 4.13. The van der Waals surface area contributed by atoms with E-state index >= 15 is 0 Å². The quantitative estimate of drug-likeness (QED) is 0.761. The monoisotopic (exact) mass is 309 g/mol. The highest BCUT2D eigenvalue weighted by Crippen LogP contribution is 2.29. The summed E-state index contributed by atoms with van der Waals surface area (Å²) in [5.41, 5.74) is 1.09. The molecule has 1 aliphatic rings. The highest BCUT2D eigenvalue weighted by atomic mass is 35.5. The van der Waals surface area contributed by atoms with Crippen LogP contribution in [-0.4, -0.2) is 13.2 Å². The van der Waals surface area contributed by atoms with Gasteiger partial charge < -0.3 is 10.1 Å². The first-order valence-corrected chi connectivity index (χ1v) is 8.65. The van der Waals surface area contributed by atoms with Crippen molar-refractivity contribution in [1.82, 2.24) is 5.32 Å². The fourth-order valence-electron chi connectivity index (χ4n) is 2.89. The van der Waals surface area contributed by atoms with Gasteiger partial charge in [-0.1, -0.05) is 50.8 Å². The maximum Gasteiger partial charge on any atom is 0.125 e. The maximum atomic E-state index is 6.35. The largest absolute Gasteiger partial charge is 0.493 e. The molecule has 0 unspecified atom stereocenters. The van der Waals surface area contributed by atoms with Crippen LogP contribution in [0.1, 0.15) is 51.5 Å². The minimum Gasteiger partial charge on any atom is -0.493 e. The van der Waals surface area contributed by atoms with E-state index in [1.165, 1.54) is 32.1 Å². The minimum atomic E-state index is 0.638. The normalized spacial score (nSPS) is 16.4. The zero-order valence-corrected chi connectivity index (χ0v) is 14.1. The molecule has 1 fully saturated rings. The van der Waals surface area contributed by atoms with Gasteiger partial charge >= 0.3 is 0 Å². The molecule has 21 heavy (non-hydrogen) atoms. The maximum absolute atomic E-state index is 6.35. The van der Waals surface area contributed by atoms with E-state index in [1.807, 2.05) is 18.2 Å². The first-order chi connectivity index (χ1) is 10.2. The molecule has 1 aliphatic carbocycles. The van der Waals surface area contributed by atoms with Crippen LogP contribution < -0.4 is 10.1 Å². The van der Waals surface area contributed by atoms with Gasteiger partial charge in [-0.3, -0.25) is 0 Å². The molecule has 0 aromatic heterocycles. The smallest absolute Gasteiger partial charge is 0.125 e. The summed E-state index contributed by atoms with van der Waals surface area (Å²) in [7, 11) is 0. The Labute approximate surface area is 134 Å². The molecule has 1 aromatic carbocycles. The van der Waals surface area contributed by atoms with Crippen LogP contribution >= 0.6 is 11.6 Å². The molecule has 118 valence electrons. The van der Waals surface area contributed by atoms with Crippen LogP contribution in [0.15, 0.2) is 18.2 Å². The number of rotatable bonds is 7. The second-order valence-corrected chi connectivity index (χ2v) is 6.96. The van der Waals surface area contributed by atoms with Gasteiger partial charge in [-0.05, 0) is 43.4 Å². The lowest BCUT2D eigenvalue weighted by molar-refractivity contribution is 0.207. The molecule has 1 N–H and O–H groups in total. The number of benzene rings is 1. The Morgan fingerprint density at radius 3 is 2.71 bits per heavy atom. The van der Waals surface area contributed by atoms with Crippen molar-refractivity contribution in [3.63, 3.8) is 0 Å². The second-order valence-electron chi connectivity index (χ2n) is 6.56. The van der Waals surface area contributed by atoms with E-state index in [-0.39, 0.29) is 0 Å². The molecule has 0 atom stereocenters. The van der Waals surface area contributed by atoms with Crippen LogP contribution in [0.3, 0.4) is 0 Å². The van der Waals surface area contributed by atoms with Crippen molar-refractivity contribution >= 4 is 11.6 Å². The van der Waals surface area contributed by atoms with Crippen molar-refractivity contribution in [2.45, 2.75) is 52.5 Å². The molecule has 1 saturated carbocycles. The zero-order valence-electron chi connectivity index (χ0n) is 13.3. The highest BCUT2D eigenvalue weighted by Gasteiger charge is 2.15. The second kappa shape index (κ2) is 8.65. The summed E-state index contributed by atoms with van der Waals surface area (Å²) in [6.45, 7) is 7.02. The molecule has 0 amide bonds. The fourth-order valence-corrected chi connectivity index (χ4v) is 3.13. The van der Waals surface area contributed by atoms with Crippen LogP contribution in [0, 0.1) is 11.8 Å². The van der Waals surface area contributed by atoms with Gasteiger partial charge in [0.1, 0.15) is 5.75 Å². The third-order valence-corrected chi connectivity index (χ3v) is 4.48. The Morgan fingerprint density at radius 2 is 2.00 bits per heavy atom. The molecule has 0 bridgehead atoms. The van der Waals surface area contributed by atoms with Gasteiger partial charge in [0, 0.05) is 17.1 Å².